The summed E-state index contributed by atoms with van der Waals surface area (Å²) in [5, 5.41) is 12.6. The van der Waals surface area contributed by atoms with E-state index in [1.54, 1.807) is 0 Å². The predicted octanol–water partition coefficient (Wildman–Crippen LogP) is 1.69. The lowest BCUT2D eigenvalue weighted by molar-refractivity contribution is -0.386. The van der Waals surface area contributed by atoms with E-state index in [2.05, 4.69) is 5.32 Å². The zero-order valence-electron chi connectivity index (χ0n) is 7.28. The summed E-state index contributed by atoms with van der Waals surface area (Å²) >= 11 is 0. The maximum atomic E-state index is 13.0. The number of para-hydroxylation sites is 1. The second-order valence-corrected chi connectivity index (χ2v) is 2.57. The molecule has 1 aromatic carbocycles. The van der Waals surface area contributed by atoms with Crippen LogP contribution < -0.4 is 5.32 Å². The predicted molar refractivity (Wildman–Crippen MR) is 47.4 cm³/mol. The topological polar surface area (TPSA) is 72.2 Å². The molecule has 5 nitrogen and oxygen atoms in total. The van der Waals surface area contributed by atoms with Crippen LogP contribution in [-0.2, 0) is 4.79 Å². The Labute approximate surface area is 78.7 Å². The molecule has 0 atom stereocenters. The standard InChI is InChI=1S/C8H7FN2O3/c1-5(12)10-7-4-2-3-6(9)8(7)11(13)14/h2-4H,1H3,(H,10,12). The highest BCUT2D eigenvalue weighted by atomic mass is 19.1. The fraction of sp³-hybridized carbons (Fsp3) is 0.125. The first-order valence-electron chi connectivity index (χ1n) is 3.73. The lowest BCUT2D eigenvalue weighted by Crippen LogP contribution is -2.08. The van der Waals surface area contributed by atoms with Crippen molar-refractivity contribution in [3.05, 3.63) is 34.1 Å². The van der Waals surface area contributed by atoms with Crippen LogP contribution in [0.5, 0.6) is 0 Å². The minimum absolute atomic E-state index is 0.137. The smallest absolute Gasteiger partial charge is 0.321 e. The van der Waals surface area contributed by atoms with Gasteiger partial charge in [0.05, 0.1) is 4.92 Å². The van der Waals surface area contributed by atoms with Gasteiger partial charge in [0.2, 0.25) is 11.7 Å². The first-order chi connectivity index (χ1) is 6.52. The minimum atomic E-state index is -0.971. The number of anilines is 1. The molecule has 0 bridgehead atoms. The average molecular weight is 198 g/mol. The molecule has 0 saturated carbocycles. The Balaban J connectivity index is 3.21. The molecule has 0 aromatic heterocycles. The number of benzene rings is 1. The second kappa shape index (κ2) is 3.82. The maximum Gasteiger partial charge on any atom is 0.328 e. The third kappa shape index (κ3) is 2.03. The summed E-state index contributed by atoms with van der Waals surface area (Å²) in [5.41, 5.74) is -0.856. The summed E-state index contributed by atoms with van der Waals surface area (Å²) in [6, 6.07) is 3.51. The van der Waals surface area contributed by atoms with E-state index < -0.39 is 22.3 Å². The van der Waals surface area contributed by atoms with Gasteiger partial charge in [-0.15, -0.1) is 0 Å². The van der Waals surface area contributed by atoms with Gasteiger partial charge < -0.3 is 5.32 Å². The molecule has 0 fully saturated rings. The second-order valence-electron chi connectivity index (χ2n) is 2.57. The van der Waals surface area contributed by atoms with Gasteiger partial charge in [0.15, 0.2) is 0 Å². The van der Waals surface area contributed by atoms with E-state index in [0.29, 0.717) is 0 Å². The molecule has 1 aromatic rings. The molecular formula is C8H7FN2O3. The highest BCUT2D eigenvalue weighted by Crippen LogP contribution is 2.26. The molecule has 0 heterocycles. The summed E-state index contributed by atoms with van der Waals surface area (Å²) in [5.74, 6) is -1.46. The minimum Gasteiger partial charge on any atom is -0.321 e. The van der Waals surface area contributed by atoms with E-state index in [9.17, 15) is 19.3 Å². The van der Waals surface area contributed by atoms with Crippen LogP contribution in [-0.4, -0.2) is 10.8 Å². The van der Waals surface area contributed by atoms with E-state index in [4.69, 9.17) is 0 Å². The van der Waals surface area contributed by atoms with Crippen LogP contribution in [0.15, 0.2) is 18.2 Å². The highest BCUT2D eigenvalue weighted by Gasteiger charge is 2.19. The summed E-state index contributed by atoms with van der Waals surface area (Å²) < 4.78 is 13.0. The van der Waals surface area contributed by atoms with Gasteiger partial charge in [0, 0.05) is 6.92 Å². The Morgan fingerprint density at radius 3 is 2.71 bits per heavy atom. The SMILES string of the molecule is CC(=O)Nc1cccc(F)c1[N+](=O)[O-]. The average Bonchev–Trinajstić information content (AvgIpc) is 2.01. The van der Waals surface area contributed by atoms with E-state index in [0.717, 1.165) is 6.07 Å². The maximum absolute atomic E-state index is 13.0. The van der Waals surface area contributed by atoms with Crippen LogP contribution in [0.25, 0.3) is 0 Å². The van der Waals surface area contributed by atoms with Crippen molar-refractivity contribution in [2.24, 2.45) is 0 Å². The Hall–Kier alpha value is -1.98. The summed E-state index contributed by atoms with van der Waals surface area (Å²) in [6.07, 6.45) is 0. The number of carbonyl (C=O) groups excluding carboxylic acids is 1. The van der Waals surface area contributed by atoms with Crippen LogP contribution in [0, 0.1) is 15.9 Å². The summed E-state index contributed by atoms with van der Waals surface area (Å²) in [7, 11) is 0. The number of nitrogens with one attached hydrogen (secondary N) is 1. The summed E-state index contributed by atoms with van der Waals surface area (Å²) in [6.45, 7) is 1.19. The number of nitro groups is 1. The van der Waals surface area contributed by atoms with Crippen molar-refractivity contribution >= 4 is 17.3 Å². The van der Waals surface area contributed by atoms with E-state index >= 15 is 0 Å². The third-order valence-electron chi connectivity index (χ3n) is 1.48. The number of halogens is 1. The van der Waals surface area contributed by atoms with Crippen molar-refractivity contribution in [3.63, 3.8) is 0 Å². The lowest BCUT2D eigenvalue weighted by atomic mass is 10.2. The number of amides is 1. The number of nitro benzene ring substituents is 1. The molecule has 1 N–H and O–H groups in total. The van der Waals surface area contributed by atoms with Gasteiger partial charge in [0.25, 0.3) is 0 Å². The fourth-order valence-electron chi connectivity index (χ4n) is 0.991. The van der Waals surface area contributed by atoms with Crippen molar-refractivity contribution < 1.29 is 14.1 Å². The molecule has 0 aliphatic carbocycles. The monoisotopic (exact) mass is 198 g/mol. The van der Waals surface area contributed by atoms with E-state index in [-0.39, 0.29) is 5.69 Å². The molecule has 1 amide bonds. The van der Waals surface area contributed by atoms with Gasteiger partial charge in [0.1, 0.15) is 5.69 Å². The number of hydrogen-bond acceptors (Lipinski definition) is 3. The van der Waals surface area contributed by atoms with Gasteiger partial charge in [-0.3, -0.25) is 14.9 Å². The highest BCUT2D eigenvalue weighted by molar-refractivity contribution is 5.91. The van der Waals surface area contributed by atoms with Crippen LogP contribution >= 0.6 is 0 Å². The van der Waals surface area contributed by atoms with Crippen LogP contribution in [0.2, 0.25) is 0 Å². The number of rotatable bonds is 2. The van der Waals surface area contributed by atoms with Crippen LogP contribution in [0.1, 0.15) is 6.92 Å². The van der Waals surface area contributed by atoms with Gasteiger partial charge in [-0.2, -0.15) is 4.39 Å². The van der Waals surface area contributed by atoms with Crippen molar-refractivity contribution in [1.29, 1.82) is 0 Å². The van der Waals surface area contributed by atoms with Crippen molar-refractivity contribution in [2.45, 2.75) is 6.92 Å². The first-order valence-corrected chi connectivity index (χ1v) is 3.73. The molecule has 0 unspecified atom stereocenters. The molecule has 74 valence electrons. The third-order valence-corrected chi connectivity index (χ3v) is 1.48. The summed E-state index contributed by atoms with van der Waals surface area (Å²) in [4.78, 5) is 20.2. The quantitative estimate of drug-likeness (QED) is 0.580. The van der Waals surface area contributed by atoms with Gasteiger partial charge in [-0.05, 0) is 12.1 Å². The van der Waals surface area contributed by atoms with E-state index in [1.165, 1.54) is 19.1 Å². The van der Waals surface area contributed by atoms with Crippen LogP contribution in [0.4, 0.5) is 15.8 Å². The van der Waals surface area contributed by atoms with Gasteiger partial charge in [-0.25, -0.2) is 0 Å². The number of hydrogen-bond donors (Lipinski definition) is 1. The first kappa shape index (κ1) is 10.1. The molecule has 0 saturated heterocycles. The van der Waals surface area contributed by atoms with E-state index in [1.807, 2.05) is 0 Å². The number of nitrogens with zero attached hydrogens (tertiary/aromatic N) is 1. The van der Waals surface area contributed by atoms with Crippen molar-refractivity contribution in [2.75, 3.05) is 5.32 Å². The van der Waals surface area contributed by atoms with Gasteiger partial charge >= 0.3 is 5.69 Å². The Morgan fingerprint density at radius 1 is 1.57 bits per heavy atom. The Morgan fingerprint density at radius 2 is 2.21 bits per heavy atom. The zero-order chi connectivity index (χ0) is 10.7. The van der Waals surface area contributed by atoms with Crippen molar-refractivity contribution in [3.8, 4) is 0 Å². The normalized spacial score (nSPS) is 9.57. The Bertz CT molecular complexity index is 392. The zero-order valence-corrected chi connectivity index (χ0v) is 7.28. The lowest BCUT2D eigenvalue weighted by Gasteiger charge is -2.02. The molecule has 0 aliphatic heterocycles. The molecule has 0 radical (unpaired) electrons. The molecule has 6 heteroatoms. The largest absolute Gasteiger partial charge is 0.328 e. The fourth-order valence-corrected chi connectivity index (χ4v) is 0.991. The molecule has 0 spiro atoms. The molecule has 14 heavy (non-hydrogen) atoms. The van der Waals surface area contributed by atoms with Gasteiger partial charge in [-0.1, -0.05) is 6.07 Å². The number of carbonyl (C=O) groups is 1. The molecule has 1 rings (SSSR count). The van der Waals surface area contributed by atoms with Crippen LogP contribution in [0.3, 0.4) is 0 Å². The molecular weight excluding hydrogens is 191 g/mol. The molecule has 0 aliphatic rings. The Kier molecular flexibility index (Phi) is 2.76. The van der Waals surface area contributed by atoms with Crippen molar-refractivity contribution in [1.82, 2.24) is 0 Å².